The zero-order chi connectivity index (χ0) is 19.2. The van der Waals surface area contributed by atoms with Crippen LogP contribution in [0.5, 0.6) is 0 Å². The number of hydrogen-bond acceptors (Lipinski definition) is 4. The number of likely N-dealkylation sites (tertiary alicyclic amines) is 1. The highest BCUT2D eigenvalue weighted by molar-refractivity contribution is 5.93. The summed E-state index contributed by atoms with van der Waals surface area (Å²) in [7, 11) is 0. The van der Waals surface area contributed by atoms with E-state index in [4.69, 9.17) is 0 Å². The average Bonchev–Trinajstić information content (AvgIpc) is 3.06. The van der Waals surface area contributed by atoms with Crippen LogP contribution in [0.3, 0.4) is 0 Å². The van der Waals surface area contributed by atoms with Crippen molar-refractivity contribution in [3.8, 4) is 0 Å². The number of rotatable bonds is 6. The third-order valence-electron chi connectivity index (χ3n) is 5.36. The van der Waals surface area contributed by atoms with E-state index in [9.17, 15) is 9.59 Å². The summed E-state index contributed by atoms with van der Waals surface area (Å²) in [5, 5.41) is 5.94. The van der Waals surface area contributed by atoms with Crippen LogP contribution in [0.15, 0.2) is 24.3 Å². The van der Waals surface area contributed by atoms with Crippen LogP contribution in [-0.2, 0) is 4.79 Å². The molecule has 2 saturated heterocycles. The van der Waals surface area contributed by atoms with Gasteiger partial charge in [-0.2, -0.15) is 0 Å². The number of piperazine rings is 1. The van der Waals surface area contributed by atoms with Crippen LogP contribution in [0.25, 0.3) is 0 Å². The molecule has 0 bridgehead atoms. The van der Waals surface area contributed by atoms with Crippen molar-refractivity contribution in [1.82, 2.24) is 15.1 Å². The second-order valence-electron chi connectivity index (χ2n) is 7.38. The van der Waals surface area contributed by atoms with Crippen molar-refractivity contribution >= 4 is 23.3 Å². The molecule has 1 aromatic carbocycles. The van der Waals surface area contributed by atoms with Gasteiger partial charge in [-0.3, -0.25) is 4.79 Å². The second kappa shape index (κ2) is 9.08. The lowest BCUT2D eigenvalue weighted by molar-refractivity contribution is -0.127. The van der Waals surface area contributed by atoms with Gasteiger partial charge in [-0.25, -0.2) is 4.79 Å². The average molecular weight is 374 g/mol. The summed E-state index contributed by atoms with van der Waals surface area (Å²) in [6.45, 7) is 10.5. The van der Waals surface area contributed by atoms with Crippen LogP contribution >= 0.6 is 0 Å². The van der Waals surface area contributed by atoms with E-state index in [0.717, 1.165) is 57.1 Å². The van der Waals surface area contributed by atoms with Gasteiger partial charge in [0.25, 0.3) is 0 Å². The van der Waals surface area contributed by atoms with Crippen LogP contribution in [0, 0.1) is 0 Å². The van der Waals surface area contributed by atoms with Crippen LogP contribution < -0.4 is 15.5 Å². The van der Waals surface area contributed by atoms with Crippen molar-refractivity contribution in [2.45, 2.75) is 32.7 Å². The SMILES string of the molecule is CCN1CCN(c2ccccc2NC(=O)NC(C)CN2CCCC2=O)CC1. The Labute approximate surface area is 161 Å². The second-order valence-corrected chi connectivity index (χ2v) is 7.38. The van der Waals surface area contributed by atoms with Gasteiger partial charge >= 0.3 is 6.03 Å². The van der Waals surface area contributed by atoms with Crippen LogP contribution in [0.4, 0.5) is 16.2 Å². The molecular weight excluding hydrogens is 342 g/mol. The first-order chi connectivity index (χ1) is 13.1. The molecule has 7 heteroatoms. The lowest BCUT2D eigenvalue weighted by Crippen LogP contribution is -2.47. The number of hydrogen-bond donors (Lipinski definition) is 2. The Hall–Kier alpha value is -2.28. The van der Waals surface area contributed by atoms with Crippen LogP contribution in [-0.4, -0.2) is 73.6 Å². The molecule has 0 spiro atoms. The number of amides is 3. The lowest BCUT2D eigenvalue weighted by Gasteiger charge is -2.36. The summed E-state index contributed by atoms with van der Waals surface area (Å²) in [5.41, 5.74) is 1.88. The number of nitrogens with zero attached hydrogens (tertiary/aromatic N) is 3. The van der Waals surface area contributed by atoms with Gasteiger partial charge in [0.05, 0.1) is 11.4 Å². The fraction of sp³-hybridized carbons (Fsp3) is 0.600. The molecule has 27 heavy (non-hydrogen) atoms. The molecule has 3 amide bonds. The molecule has 3 rings (SSSR count). The molecule has 2 N–H and O–H groups in total. The molecule has 0 aliphatic carbocycles. The number of likely N-dealkylation sites (N-methyl/N-ethyl adjacent to an activating group) is 1. The molecular formula is C20H31N5O2. The van der Waals surface area contributed by atoms with E-state index in [1.165, 1.54) is 0 Å². The topological polar surface area (TPSA) is 67.9 Å². The molecule has 1 aromatic rings. The summed E-state index contributed by atoms with van der Waals surface area (Å²) < 4.78 is 0. The summed E-state index contributed by atoms with van der Waals surface area (Å²) in [4.78, 5) is 30.8. The summed E-state index contributed by atoms with van der Waals surface area (Å²) in [5.74, 6) is 0.181. The molecule has 7 nitrogen and oxygen atoms in total. The van der Waals surface area contributed by atoms with Gasteiger partial charge in [-0.1, -0.05) is 19.1 Å². The van der Waals surface area contributed by atoms with Gasteiger partial charge in [-0.15, -0.1) is 0 Å². The maximum absolute atomic E-state index is 12.5. The smallest absolute Gasteiger partial charge is 0.319 e. The fourth-order valence-corrected chi connectivity index (χ4v) is 3.82. The van der Waals surface area contributed by atoms with Crippen molar-refractivity contribution in [2.24, 2.45) is 0 Å². The van der Waals surface area contributed by atoms with E-state index in [0.29, 0.717) is 13.0 Å². The third kappa shape index (κ3) is 5.13. The monoisotopic (exact) mass is 373 g/mol. The predicted molar refractivity (Wildman–Crippen MR) is 108 cm³/mol. The van der Waals surface area contributed by atoms with Crippen molar-refractivity contribution in [2.75, 3.05) is 56.0 Å². The maximum atomic E-state index is 12.5. The Balaban J connectivity index is 1.55. The number of anilines is 2. The van der Waals surface area contributed by atoms with E-state index in [1.807, 2.05) is 30.0 Å². The van der Waals surface area contributed by atoms with E-state index >= 15 is 0 Å². The van der Waals surface area contributed by atoms with Gasteiger partial charge in [0.2, 0.25) is 5.91 Å². The van der Waals surface area contributed by atoms with E-state index in [1.54, 1.807) is 0 Å². The highest BCUT2D eigenvalue weighted by Crippen LogP contribution is 2.26. The zero-order valence-electron chi connectivity index (χ0n) is 16.4. The van der Waals surface area contributed by atoms with E-state index in [2.05, 4.69) is 33.4 Å². The number of urea groups is 1. The van der Waals surface area contributed by atoms with Crippen molar-refractivity contribution in [3.05, 3.63) is 24.3 Å². The number of para-hydroxylation sites is 2. The van der Waals surface area contributed by atoms with Crippen molar-refractivity contribution in [3.63, 3.8) is 0 Å². The van der Waals surface area contributed by atoms with Crippen molar-refractivity contribution < 1.29 is 9.59 Å². The molecule has 0 saturated carbocycles. The minimum atomic E-state index is -0.228. The lowest BCUT2D eigenvalue weighted by atomic mass is 10.2. The Kier molecular flexibility index (Phi) is 6.55. The normalized spacial score (nSPS) is 19.3. The van der Waals surface area contributed by atoms with Gasteiger partial charge in [0.1, 0.15) is 0 Å². The quantitative estimate of drug-likeness (QED) is 0.800. The molecule has 2 aliphatic rings. The Morgan fingerprint density at radius 2 is 1.89 bits per heavy atom. The van der Waals surface area contributed by atoms with Crippen LogP contribution in [0.1, 0.15) is 26.7 Å². The molecule has 2 aliphatic heterocycles. The summed E-state index contributed by atoms with van der Waals surface area (Å²) in [6.07, 6.45) is 1.54. The number of carbonyl (C=O) groups excluding carboxylic acids is 2. The van der Waals surface area contributed by atoms with Gasteiger partial charge < -0.3 is 25.3 Å². The van der Waals surface area contributed by atoms with Crippen molar-refractivity contribution in [1.29, 1.82) is 0 Å². The van der Waals surface area contributed by atoms with Gasteiger partial charge in [0, 0.05) is 51.7 Å². The molecule has 0 aromatic heterocycles. The first-order valence-electron chi connectivity index (χ1n) is 9.98. The molecule has 1 unspecified atom stereocenters. The standard InChI is InChI=1S/C20H31N5O2/c1-3-23-11-13-24(14-12-23)18-8-5-4-7-17(18)22-20(27)21-16(2)15-25-10-6-9-19(25)26/h4-5,7-8,16H,3,6,9-15H2,1-2H3,(H2,21,22,27). The highest BCUT2D eigenvalue weighted by Gasteiger charge is 2.23. The molecule has 2 heterocycles. The molecule has 1 atom stereocenters. The largest absolute Gasteiger partial charge is 0.367 e. The number of benzene rings is 1. The minimum absolute atomic E-state index is 0.0905. The van der Waals surface area contributed by atoms with E-state index < -0.39 is 0 Å². The molecule has 148 valence electrons. The first-order valence-corrected chi connectivity index (χ1v) is 9.98. The van der Waals surface area contributed by atoms with Gasteiger partial charge in [-0.05, 0) is 32.0 Å². The number of carbonyl (C=O) groups is 2. The minimum Gasteiger partial charge on any atom is -0.367 e. The third-order valence-corrected chi connectivity index (χ3v) is 5.36. The Bertz CT molecular complexity index is 658. The van der Waals surface area contributed by atoms with E-state index in [-0.39, 0.29) is 18.0 Å². The summed E-state index contributed by atoms with van der Waals surface area (Å²) >= 11 is 0. The maximum Gasteiger partial charge on any atom is 0.319 e. The Morgan fingerprint density at radius 1 is 1.15 bits per heavy atom. The number of nitrogens with one attached hydrogen (secondary N) is 2. The van der Waals surface area contributed by atoms with Crippen LogP contribution in [0.2, 0.25) is 0 Å². The molecule has 0 radical (unpaired) electrons. The zero-order valence-corrected chi connectivity index (χ0v) is 16.4. The fourth-order valence-electron chi connectivity index (χ4n) is 3.82. The summed E-state index contributed by atoms with van der Waals surface area (Å²) in [6, 6.07) is 7.63. The first kappa shape index (κ1) is 19.5. The molecule has 2 fully saturated rings. The van der Waals surface area contributed by atoms with Gasteiger partial charge in [0.15, 0.2) is 0 Å². The highest BCUT2D eigenvalue weighted by atomic mass is 16.2. The Morgan fingerprint density at radius 3 is 2.56 bits per heavy atom. The predicted octanol–water partition coefficient (Wildman–Crippen LogP) is 1.96.